The average Bonchev–Trinajstić information content (AvgIpc) is 2.78. The summed E-state index contributed by atoms with van der Waals surface area (Å²) in [4.78, 5) is 17.4. The number of rotatable bonds is 6. The van der Waals surface area contributed by atoms with Crippen molar-refractivity contribution in [2.75, 3.05) is 11.9 Å². The first-order chi connectivity index (χ1) is 15.0. The van der Waals surface area contributed by atoms with E-state index in [2.05, 4.69) is 52.4 Å². The fourth-order valence-electron chi connectivity index (χ4n) is 4.48. The molecule has 0 unspecified atom stereocenters. The number of anilines is 1. The standard InChI is InChI=1S/C26H32AsN3O/c1-18-8-4-5-9-21(18)26(31)28-17-19-12-14-20(15-13-19)29-25-16-23(27(2)3)22-10-6-7-11-24(22)30-25/h4-11,16,19-20H,12-15,17H2,1-3H3,(H,28,31)(H,29,30). The molecular formula is C26H32AsN3O. The van der Waals surface area contributed by atoms with Gasteiger partial charge in [0.1, 0.15) is 0 Å². The Bertz CT molecular complexity index is 1060. The summed E-state index contributed by atoms with van der Waals surface area (Å²) in [7, 11) is 0. The zero-order valence-corrected chi connectivity index (χ0v) is 20.6. The van der Waals surface area contributed by atoms with Crippen molar-refractivity contribution in [1.82, 2.24) is 10.3 Å². The first-order valence-electron chi connectivity index (χ1n) is 11.2. The number of aryl methyl sites for hydroxylation is 1. The van der Waals surface area contributed by atoms with Gasteiger partial charge in [0.2, 0.25) is 0 Å². The number of benzene rings is 2. The maximum absolute atomic E-state index is 12.5. The zero-order valence-electron chi connectivity index (χ0n) is 18.7. The van der Waals surface area contributed by atoms with Gasteiger partial charge in [0.05, 0.1) is 0 Å². The second kappa shape index (κ2) is 9.87. The van der Waals surface area contributed by atoms with Crippen LogP contribution in [0.25, 0.3) is 10.9 Å². The number of para-hydroxylation sites is 1. The summed E-state index contributed by atoms with van der Waals surface area (Å²) in [5.74, 6) is 1.62. The van der Waals surface area contributed by atoms with Gasteiger partial charge in [-0.3, -0.25) is 0 Å². The van der Waals surface area contributed by atoms with Gasteiger partial charge in [-0.15, -0.1) is 0 Å². The topological polar surface area (TPSA) is 54.0 Å². The van der Waals surface area contributed by atoms with Gasteiger partial charge in [-0.25, -0.2) is 0 Å². The normalized spacial score (nSPS) is 18.8. The molecule has 4 nitrogen and oxygen atoms in total. The summed E-state index contributed by atoms with van der Waals surface area (Å²) < 4.78 is 1.49. The molecule has 2 N–H and O–H groups in total. The second-order valence-corrected chi connectivity index (χ2v) is 13.6. The van der Waals surface area contributed by atoms with Gasteiger partial charge in [0.15, 0.2) is 0 Å². The average molecular weight is 477 g/mol. The first kappa shape index (κ1) is 21.9. The molecule has 0 bridgehead atoms. The van der Waals surface area contributed by atoms with Crippen molar-refractivity contribution < 1.29 is 4.79 Å². The molecule has 0 saturated heterocycles. The molecule has 4 rings (SSSR count). The van der Waals surface area contributed by atoms with Crippen molar-refractivity contribution in [2.45, 2.75) is 50.1 Å². The van der Waals surface area contributed by atoms with Crippen LogP contribution >= 0.6 is 0 Å². The quantitative estimate of drug-likeness (QED) is 0.497. The third kappa shape index (κ3) is 5.30. The summed E-state index contributed by atoms with van der Waals surface area (Å²) in [5, 5.41) is 8.17. The van der Waals surface area contributed by atoms with Crippen molar-refractivity contribution in [3.8, 4) is 0 Å². The molecular weight excluding hydrogens is 445 g/mol. The fraction of sp³-hybridized carbons (Fsp3) is 0.385. The molecule has 1 aliphatic rings. The molecule has 3 aromatic rings. The number of nitrogens with zero attached hydrogens (tertiary/aromatic N) is 1. The molecule has 5 heteroatoms. The summed E-state index contributed by atoms with van der Waals surface area (Å²) in [6.07, 6.45) is 4.50. The Balaban J connectivity index is 1.32. The van der Waals surface area contributed by atoms with Gasteiger partial charge in [-0.05, 0) is 18.6 Å². The van der Waals surface area contributed by atoms with Crippen LogP contribution in [0.5, 0.6) is 0 Å². The first-order valence-corrected chi connectivity index (χ1v) is 15.9. The van der Waals surface area contributed by atoms with Crippen LogP contribution in [0.1, 0.15) is 41.6 Å². The van der Waals surface area contributed by atoms with E-state index >= 15 is 0 Å². The molecule has 1 aromatic heterocycles. The summed E-state index contributed by atoms with van der Waals surface area (Å²) in [6.45, 7) is 2.75. The maximum atomic E-state index is 12.5. The Labute approximate surface area is 190 Å². The Hall–Kier alpha value is -2.32. The van der Waals surface area contributed by atoms with Crippen LogP contribution in [0.3, 0.4) is 0 Å². The van der Waals surface area contributed by atoms with Crippen molar-refractivity contribution in [3.63, 3.8) is 0 Å². The number of hydrogen-bond donors (Lipinski definition) is 2. The molecule has 0 radical (unpaired) electrons. The Morgan fingerprint density at radius 3 is 2.48 bits per heavy atom. The Morgan fingerprint density at radius 2 is 1.74 bits per heavy atom. The third-order valence-electron chi connectivity index (χ3n) is 6.32. The number of hydrogen-bond acceptors (Lipinski definition) is 3. The molecule has 0 atom stereocenters. The number of carbonyl (C=O) groups excluding carboxylic acids is 1. The SMILES string of the molecule is Cc1ccccc1C(=O)NCC1CCC(Nc2cc([As](C)C)c3ccccc3n2)CC1. The van der Waals surface area contributed by atoms with Gasteiger partial charge >= 0.3 is 154 Å². The van der Waals surface area contributed by atoms with E-state index in [4.69, 9.17) is 4.98 Å². The van der Waals surface area contributed by atoms with Crippen molar-refractivity contribution >= 4 is 41.6 Å². The van der Waals surface area contributed by atoms with Crippen LogP contribution in [0.2, 0.25) is 11.4 Å². The Morgan fingerprint density at radius 1 is 1.03 bits per heavy atom. The van der Waals surface area contributed by atoms with Gasteiger partial charge < -0.3 is 0 Å². The predicted octanol–water partition coefficient (Wildman–Crippen LogP) is 4.91. The summed E-state index contributed by atoms with van der Waals surface area (Å²) in [6, 6.07) is 19.0. The van der Waals surface area contributed by atoms with Crippen LogP contribution in [0.15, 0.2) is 54.6 Å². The van der Waals surface area contributed by atoms with E-state index < -0.39 is 14.7 Å². The monoisotopic (exact) mass is 477 g/mol. The number of amides is 1. The number of aromatic nitrogens is 1. The molecule has 1 saturated carbocycles. The van der Waals surface area contributed by atoms with E-state index in [1.165, 1.54) is 9.74 Å². The minimum atomic E-state index is -1.01. The molecule has 1 fully saturated rings. The van der Waals surface area contributed by atoms with Crippen LogP contribution in [0.4, 0.5) is 5.82 Å². The second-order valence-electron chi connectivity index (χ2n) is 8.83. The number of nitrogens with one attached hydrogen (secondary N) is 2. The van der Waals surface area contributed by atoms with Crippen molar-refractivity contribution in [2.24, 2.45) is 5.92 Å². The molecule has 162 valence electrons. The molecule has 2 aromatic carbocycles. The minimum absolute atomic E-state index is 0.0456. The predicted molar refractivity (Wildman–Crippen MR) is 132 cm³/mol. The molecule has 31 heavy (non-hydrogen) atoms. The van der Waals surface area contributed by atoms with Crippen molar-refractivity contribution in [3.05, 3.63) is 65.7 Å². The van der Waals surface area contributed by atoms with Crippen LogP contribution in [0, 0.1) is 12.8 Å². The van der Waals surface area contributed by atoms with Gasteiger partial charge in [-0.2, -0.15) is 0 Å². The van der Waals surface area contributed by atoms with Crippen molar-refractivity contribution in [1.29, 1.82) is 0 Å². The number of pyridine rings is 1. The number of carbonyl (C=O) groups is 1. The fourth-order valence-corrected chi connectivity index (χ4v) is 6.69. The van der Waals surface area contributed by atoms with E-state index in [1.807, 2.05) is 31.2 Å². The van der Waals surface area contributed by atoms with E-state index in [1.54, 1.807) is 0 Å². The van der Waals surface area contributed by atoms with Crippen LogP contribution in [-0.4, -0.2) is 38.1 Å². The van der Waals surface area contributed by atoms with Crippen LogP contribution < -0.4 is 15.0 Å². The molecule has 0 aliphatic heterocycles. The van der Waals surface area contributed by atoms with E-state index in [9.17, 15) is 4.79 Å². The summed E-state index contributed by atoms with van der Waals surface area (Å²) >= 11 is -1.01. The van der Waals surface area contributed by atoms with E-state index in [0.29, 0.717) is 12.0 Å². The third-order valence-corrected chi connectivity index (χ3v) is 9.11. The number of fused-ring (bicyclic) bond motifs is 1. The van der Waals surface area contributed by atoms with Crippen LogP contribution in [-0.2, 0) is 0 Å². The van der Waals surface area contributed by atoms with Gasteiger partial charge in [0, 0.05) is 0 Å². The van der Waals surface area contributed by atoms with Gasteiger partial charge in [0.25, 0.3) is 0 Å². The molecule has 1 amide bonds. The molecule has 0 spiro atoms. The molecule has 1 aliphatic carbocycles. The summed E-state index contributed by atoms with van der Waals surface area (Å²) in [5.41, 5.74) is 7.67. The molecule has 1 heterocycles. The van der Waals surface area contributed by atoms with E-state index in [0.717, 1.165) is 54.7 Å². The van der Waals surface area contributed by atoms with Gasteiger partial charge in [-0.1, -0.05) is 18.2 Å². The van der Waals surface area contributed by atoms with E-state index in [-0.39, 0.29) is 5.91 Å². The zero-order chi connectivity index (χ0) is 21.8. The Kier molecular flexibility index (Phi) is 6.97.